The summed E-state index contributed by atoms with van der Waals surface area (Å²) in [5.41, 5.74) is 2.04. The predicted octanol–water partition coefficient (Wildman–Crippen LogP) is 2.40. The third-order valence-electron chi connectivity index (χ3n) is 3.71. The van der Waals surface area contributed by atoms with E-state index >= 15 is 0 Å². The molecule has 1 aromatic carbocycles. The van der Waals surface area contributed by atoms with Crippen LogP contribution < -0.4 is 10.2 Å². The first-order valence-electron chi connectivity index (χ1n) is 8.06. The molecule has 1 N–H and O–H groups in total. The lowest BCUT2D eigenvalue weighted by atomic mass is 10.2. The Bertz CT molecular complexity index is 806. The molecule has 126 valence electrons. The van der Waals surface area contributed by atoms with Gasteiger partial charge in [0.05, 0.1) is 5.69 Å². The number of likely N-dealkylation sites (N-methyl/N-ethyl adjacent to an activating group) is 1. The van der Waals surface area contributed by atoms with Crippen LogP contribution in [-0.4, -0.2) is 41.2 Å². The first-order chi connectivity index (χ1) is 12.3. The molecule has 0 atom stereocenters. The SMILES string of the molecule is CNCCN(C(=O)c1ccccc1)c1ccc(-c2ccccn2)nn1. The number of carbonyl (C=O) groups is 1. The molecule has 6 nitrogen and oxygen atoms in total. The quantitative estimate of drug-likeness (QED) is 0.750. The topological polar surface area (TPSA) is 71.0 Å². The molecule has 25 heavy (non-hydrogen) atoms. The highest BCUT2D eigenvalue weighted by Crippen LogP contribution is 2.18. The number of anilines is 1. The van der Waals surface area contributed by atoms with Crippen LogP contribution in [0.3, 0.4) is 0 Å². The van der Waals surface area contributed by atoms with E-state index in [4.69, 9.17) is 0 Å². The van der Waals surface area contributed by atoms with Crippen molar-refractivity contribution in [3.63, 3.8) is 0 Å². The van der Waals surface area contributed by atoms with Crippen molar-refractivity contribution in [1.82, 2.24) is 20.5 Å². The molecule has 6 heteroatoms. The normalized spacial score (nSPS) is 10.4. The smallest absolute Gasteiger partial charge is 0.259 e. The van der Waals surface area contributed by atoms with Crippen LogP contribution in [0.1, 0.15) is 10.4 Å². The van der Waals surface area contributed by atoms with Gasteiger partial charge in [0.25, 0.3) is 5.91 Å². The Kier molecular flexibility index (Phi) is 5.43. The van der Waals surface area contributed by atoms with Gasteiger partial charge in [0.15, 0.2) is 5.82 Å². The summed E-state index contributed by atoms with van der Waals surface area (Å²) >= 11 is 0. The summed E-state index contributed by atoms with van der Waals surface area (Å²) in [6.45, 7) is 1.16. The summed E-state index contributed by atoms with van der Waals surface area (Å²) in [6, 6.07) is 18.4. The van der Waals surface area contributed by atoms with Crippen molar-refractivity contribution < 1.29 is 4.79 Å². The van der Waals surface area contributed by atoms with Crippen molar-refractivity contribution in [2.45, 2.75) is 0 Å². The Hall–Kier alpha value is -3.12. The fourth-order valence-corrected chi connectivity index (χ4v) is 2.40. The molecule has 0 unspecified atom stereocenters. The Morgan fingerprint density at radius 1 is 0.960 bits per heavy atom. The van der Waals surface area contributed by atoms with Gasteiger partial charge in [-0.3, -0.25) is 14.7 Å². The number of amides is 1. The average Bonchev–Trinajstić information content (AvgIpc) is 2.70. The molecule has 2 heterocycles. The molecule has 0 bridgehead atoms. The Balaban J connectivity index is 1.87. The van der Waals surface area contributed by atoms with Crippen molar-refractivity contribution in [3.8, 4) is 11.4 Å². The number of carbonyl (C=O) groups excluding carboxylic acids is 1. The van der Waals surface area contributed by atoms with Crippen LogP contribution in [0.15, 0.2) is 66.9 Å². The zero-order valence-electron chi connectivity index (χ0n) is 14.0. The fourth-order valence-electron chi connectivity index (χ4n) is 2.40. The summed E-state index contributed by atoms with van der Waals surface area (Å²) in [4.78, 5) is 18.7. The largest absolute Gasteiger partial charge is 0.318 e. The molecular weight excluding hydrogens is 314 g/mol. The monoisotopic (exact) mass is 333 g/mol. The number of aromatic nitrogens is 3. The molecule has 2 aromatic heterocycles. The summed E-state index contributed by atoms with van der Waals surface area (Å²) in [7, 11) is 1.85. The van der Waals surface area contributed by atoms with Crippen molar-refractivity contribution in [1.29, 1.82) is 0 Å². The number of pyridine rings is 1. The van der Waals surface area contributed by atoms with E-state index in [1.807, 2.05) is 49.5 Å². The third kappa shape index (κ3) is 4.05. The van der Waals surface area contributed by atoms with Crippen LogP contribution in [0, 0.1) is 0 Å². The van der Waals surface area contributed by atoms with Crippen LogP contribution in [0.4, 0.5) is 5.82 Å². The molecule has 3 aromatic rings. The van der Waals surface area contributed by atoms with E-state index in [0.717, 1.165) is 5.69 Å². The molecule has 0 saturated carbocycles. The highest BCUT2D eigenvalue weighted by molar-refractivity contribution is 6.05. The molecule has 3 rings (SSSR count). The van der Waals surface area contributed by atoms with Crippen LogP contribution in [0.25, 0.3) is 11.4 Å². The highest BCUT2D eigenvalue weighted by atomic mass is 16.2. The lowest BCUT2D eigenvalue weighted by Gasteiger charge is -2.21. The average molecular weight is 333 g/mol. The maximum atomic E-state index is 12.8. The van der Waals surface area contributed by atoms with E-state index in [0.29, 0.717) is 30.2 Å². The van der Waals surface area contributed by atoms with Crippen molar-refractivity contribution >= 4 is 11.7 Å². The summed E-state index contributed by atoms with van der Waals surface area (Å²) in [5, 5.41) is 11.5. The molecule has 0 saturated heterocycles. The zero-order valence-corrected chi connectivity index (χ0v) is 14.0. The van der Waals surface area contributed by atoms with Gasteiger partial charge in [-0.25, -0.2) is 0 Å². The van der Waals surface area contributed by atoms with Crippen LogP contribution in [0.2, 0.25) is 0 Å². The molecular formula is C19H19N5O. The number of nitrogens with one attached hydrogen (secondary N) is 1. The minimum absolute atomic E-state index is 0.101. The first kappa shape index (κ1) is 16.7. The summed E-state index contributed by atoms with van der Waals surface area (Å²) < 4.78 is 0. The van der Waals surface area contributed by atoms with E-state index in [1.165, 1.54) is 0 Å². The standard InChI is InChI=1S/C19H19N5O/c1-20-13-14-24(19(25)15-7-3-2-4-8-15)18-11-10-17(22-23-18)16-9-5-6-12-21-16/h2-12,20H,13-14H2,1H3. The van der Waals surface area contributed by atoms with Gasteiger partial charge in [0.1, 0.15) is 5.69 Å². The Labute approximate surface area is 146 Å². The maximum Gasteiger partial charge on any atom is 0.259 e. The van der Waals surface area contributed by atoms with Crippen LogP contribution >= 0.6 is 0 Å². The van der Waals surface area contributed by atoms with E-state index in [-0.39, 0.29) is 5.91 Å². The van der Waals surface area contributed by atoms with E-state index in [9.17, 15) is 4.79 Å². The first-order valence-corrected chi connectivity index (χ1v) is 8.06. The second-order valence-corrected chi connectivity index (χ2v) is 5.42. The van der Waals surface area contributed by atoms with Gasteiger partial charge in [-0.15, -0.1) is 10.2 Å². The van der Waals surface area contributed by atoms with Gasteiger partial charge < -0.3 is 5.32 Å². The lowest BCUT2D eigenvalue weighted by molar-refractivity contribution is 0.0986. The van der Waals surface area contributed by atoms with Gasteiger partial charge in [-0.1, -0.05) is 24.3 Å². The summed E-state index contributed by atoms with van der Waals surface area (Å²) in [5.74, 6) is 0.416. The van der Waals surface area contributed by atoms with Gasteiger partial charge in [0, 0.05) is 24.8 Å². The minimum atomic E-state index is -0.101. The van der Waals surface area contributed by atoms with Gasteiger partial charge >= 0.3 is 0 Å². The van der Waals surface area contributed by atoms with Crippen LogP contribution in [-0.2, 0) is 0 Å². The molecule has 0 aliphatic carbocycles. The van der Waals surface area contributed by atoms with Crippen molar-refractivity contribution in [2.24, 2.45) is 0 Å². The Morgan fingerprint density at radius 3 is 2.40 bits per heavy atom. The van der Waals surface area contributed by atoms with Crippen LogP contribution in [0.5, 0.6) is 0 Å². The lowest BCUT2D eigenvalue weighted by Crippen LogP contribution is -2.37. The van der Waals surface area contributed by atoms with Gasteiger partial charge in [0.2, 0.25) is 0 Å². The van der Waals surface area contributed by atoms with Crippen molar-refractivity contribution in [3.05, 3.63) is 72.4 Å². The van der Waals surface area contributed by atoms with Gasteiger partial charge in [-0.05, 0) is 43.4 Å². The minimum Gasteiger partial charge on any atom is -0.318 e. The second kappa shape index (κ2) is 8.12. The zero-order chi connectivity index (χ0) is 17.5. The number of nitrogens with zero attached hydrogens (tertiary/aromatic N) is 4. The molecule has 0 radical (unpaired) electrons. The maximum absolute atomic E-state index is 12.8. The number of hydrogen-bond acceptors (Lipinski definition) is 5. The highest BCUT2D eigenvalue weighted by Gasteiger charge is 2.19. The third-order valence-corrected chi connectivity index (χ3v) is 3.71. The molecule has 0 aliphatic rings. The molecule has 0 spiro atoms. The van der Waals surface area contributed by atoms with E-state index in [1.54, 1.807) is 29.3 Å². The number of benzene rings is 1. The second-order valence-electron chi connectivity index (χ2n) is 5.42. The van der Waals surface area contributed by atoms with Gasteiger partial charge in [-0.2, -0.15) is 0 Å². The molecule has 0 fully saturated rings. The fraction of sp³-hybridized carbons (Fsp3) is 0.158. The molecule has 1 amide bonds. The number of hydrogen-bond donors (Lipinski definition) is 1. The van der Waals surface area contributed by atoms with E-state index in [2.05, 4.69) is 20.5 Å². The molecule has 0 aliphatic heterocycles. The Morgan fingerprint density at radius 2 is 1.76 bits per heavy atom. The predicted molar refractivity (Wildman–Crippen MR) is 97.3 cm³/mol. The van der Waals surface area contributed by atoms with Crippen molar-refractivity contribution in [2.75, 3.05) is 25.0 Å². The summed E-state index contributed by atoms with van der Waals surface area (Å²) in [6.07, 6.45) is 1.71. The van der Waals surface area contributed by atoms with E-state index < -0.39 is 0 Å². The number of rotatable bonds is 6.